The summed E-state index contributed by atoms with van der Waals surface area (Å²) in [4.78, 5) is 12.2. The highest BCUT2D eigenvalue weighted by molar-refractivity contribution is 7.89. The van der Waals surface area contributed by atoms with Crippen molar-refractivity contribution in [3.8, 4) is 0 Å². The average molecular weight is 394 g/mol. The summed E-state index contributed by atoms with van der Waals surface area (Å²) >= 11 is 0. The molecule has 27 heavy (non-hydrogen) atoms. The summed E-state index contributed by atoms with van der Waals surface area (Å²) in [7, 11) is -3.60. The van der Waals surface area contributed by atoms with Crippen LogP contribution in [0.1, 0.15) is 30.1 Å². The van der Waals surface area contributed by atoms with Crippen LogP contribution in [0.3, 0.4) is 0 Å². The SMILES string of the molecule is CC1CCN(S(=O)(=O)c2ccc(NC(=O)c3c(F)cccc3F)cc2)CC1. The molecule has 1 aliphatic rings. The van der Waals surface area contributed by atoms with Crippen LogP contribution in [-0.4, -0.2) is 31.7 Å². The monoisotopic (exact) mass is 394 g/mol. The highest BCUT2D eigenvalue weighted by Gasteiger charge is 2.28. The minimum atomic E-state index is -3.60. The van der Waals surface area contributed by atoms with Crippen LogP contribution in [-0.2, 0) is 10.0 Å². The van der Waals surface area contributed by atoms with Gasteiger partial charge in [-0.2, -0.15) is 4.31 Å². The molecule has 1 amide bonds. The molecule has 8 heteroatoms. The number of rotatable bonds is 4. The van der Waals surface area contributed by atoms with E-state index < -0.39 is 33.1 Å². The summed E-state index contributed by atoms with van der Waals surface area (Å²) in [6.45, 7) is 3.06. The topological polar surface area (TPSA) is 66.5 Å². The summed E-state index contributed by atoms with van der Waals surface area (Å²) < 4.78 is 54.2. The van der Waals surface area contributed by atoms with Crippen molar-refractivity contribution < 1.29 is 22.0 Å². The lowest BCUT2D eigenvalue weighted by atomic mass is 10.0. The second kappa shape index (κ2) is 7.74. The summed E-state index contributed by atoms with van der Waals surface area (Å²) in [5, 5.41) is 2.38. The van der Waals surface area contributed by atoms with E-state index in [0.717, 1.165) is 25.0 Å². The zero-order valence-corrected chi connectivity index (χ0v) is 15.6. The maximum Gasteiger partial charge on any atom is 0.261 e. The molecule has 0 unspecified atom stereocenters. The largest absolute Gasteiger partial charge is 0.322 e. The van der Waals surface area contributed by atoms with Crippen LogP contribution in [0, 0.1) is 17.6 Å². The fraction of sp³-hybridized carbons (Fsp3) is 0.316. The number of benzene rings is 2. The predicted octanol–water partition coefficient (Wildman–Crippen LogP) is 3.64. The molecule has 3 rings (SSSR count). The minimum Gasteiger partial charge on any atom is -0.322 e. The summed E-state index contributed by atoms with van der Waals surface area (Å²) in [5.41, 5.74) is -0.439. The zero-order chi connectivity index (χ0) is 19.6. The van der Waals surface area contributed by atoms with Crippen LogP contribution < -0.4 is 5.32 Å². The van der Waals surface area contributed by atoms with Gasteiger partial charge in [0.25, 0.3) is 5.91 Å². The first-order valence-electron chi connectivity index (χ1n) is 8.64. The zero-order valence-electron chi connectivity index (χ0n) is 14.8. The van der Waals surface area contributed by atoms with E-state index in [1.807, 2.05) is 0 Å². The van der Waals surface area contributed by atoms with Crippen LogP contribution in [0.4, 0.5) is 14.5 Å². The third-order valence-electron chi connectivity index (χ3n) is 4.68. The second-order valence-electron chi connectivity index (χ2n) is 6.66. The number of halogens is 2. The van der Waals surface area contributed by atoms with Gasteiger partial charge in [0.15, 0.2) is 0 Å². The van der Waals surface area contributed by atoms with E-state index in [1.165, 1.54) is 34.6 Å². The number of nitrogens with one attached hydrogen (secondary N) is 1. The highest BCUT2D eigenvalue weighted by atomic mass is 32.2. The van der Waals surface area contributed by atoms with E-state index in [9.17, 15) is 22.0 Å². The number of hydrogen-bond donors (Lipinski definition) is 1. The number of piperidine rings is 1. The molecular weight excluding hydrogens is 374 g/mol. The van der Waals surface area contributed by atoms with Crippen molar-refractivity contribution in [3.63, 3.8) is 0 Å². The van der Waals surface area contributed by atoms with Crippen molar-refractivity contribution in [3.05, 3.63) is 59.7 Å². The highest BCUT2D eigenvalue weighted by Crippen LogP contribution is 2.24. The van der Waals surface area contributed by atoms with Crippen molar-refractivity contribution in [2.24, 2.45) is 5.92 Å². The summed E-state index contributed by atoms with van der Waals surface area (Å²) in [6, 6.07) is 8.70. The Labute approximate surface area is 157 Å². The first-order chi connectivity index (χ1) is 12.8. The van der Waals surface area contributed by atoms with Gasteiger partial charge in [-0.3, -0.25) is 4.79 Å². The maximum atomic E-state index is 13.7. The van der Waals surface area contributed by atoms with E-state index >= 15 is 0 Å². The molecule has 144 valence electrons. The van der Waals surface area contributed by atoms with Gasteiger partial charge >= 0.3 is 0 Å². The van der Waals surface area contributed by atoms with Gasteiger partial charge in [0.05, 0.1) is 4.90 Å². The molecule has 0 spiro atoms. The molecule has 0 aliphatic carbocycles. The number of carbonyl (C=O) groups is 1. The normalized spacial score (nSPS) is 16.3. The molecular formula is C19H20F2N2O3S. The van der Waals surface area contributed by atoms with Gasteiger partial charge in [-0.05, 0) is 55.2 Å². The van der Waals surface area contributed by atoms with Crippen LogP contribution in [0.25, 0.3) is 0 Å². The minimum absolute atomic E-state index is 0.118. The second-order valence-corrected chi connectivity index (χ2v) is 8.60. The van der Waals surface area contributed by atoms with Crippen molar-refractivity contribution in [2.45, 2.75) is 24.7 Å². The van der Waals surface area contributed by atoms with Crippen LogP contribution >= 0.6 is 0 Å². The molecule has 2 aromatic carbocycles. The lowest BCUT2D eigenvalue weighted by Crippen LogP contribution is -2.37. The number of anilines is 1. The number of sulfonamides is 1. The summed E-state index contributed by atoms with van der Waals surface area (Å²) in [5.74, 6) is -2.36. The third-order valence-corrected chi connectivity index (χ3v) is 6.60. The molecule has 1 aliphatic heterocycles. The van der Waals surface area contributed by atoms with Crippen LogP contribution in [0.2, 0.25) is 0 Å². The Morgan fingerprint density at radius 1 is 1.04 bits per heavy atom. The smallest absolute Gasteiger partial charge is 0.261 e. The molecule has 5 nitrogen and oxygen atoms in total. The van der Waals surface area contributed by atoms with Crippen molar-refractivity contribution in [1.29, 1.82) is 0 Å². The van der Waals surface area contributed by atoms with E-state index in [1.54, 1.807) is 0 Å². The maximum absolute atomic E-state index is 13.7. The van der Waals surface area contributed by atoms with Crippen molar-refractivity contribution >= 4 is 21.6 Å². The van der Waals surface area contributed by atoms with Crippen LogP contribution in [0.5, 0.6) is 0 Å². The third kappa shape index (κ3) is 4.17. The van der Waals surface area contributed by atoms with Gasteiger partial charge < -0.3 is 5.32 Å². The van der Waals surface area contributed by atoms with E-state index in [0.29, 0.717) is 19.0 Å². The van der Waals surface area contributed by atoms with Crippen LogP contribution in [0.15, 0.2) is 47.4 Å². The van der Waals surface area contributed by atoms with Gasteiger partial charge in [0.2, 0.25) is 10.0 Å². The molecule has 2 aromatic rings. The Morgan fingerprint density at radius 3 is 2.15 bits per heavy atom. The number of carbonyl (C=O) groups excluding carboxylic acids is 1. The van der Waals surface area contributed by atoms with E-state index in [4.69, 9.17) is 0 Å². The van der Waals surface area contributed by atoms with E-state index in [2.05, 4.69) is 12.2 Å². The van der Waals surface area contributed by atoms with Gasteiger partial charge in [-0.25, -0.2) is 17.2 Å². The molecule has 0 radical (unpaired) electrons. The standard InChI is InChI=1S/C19H20F2N2O3S/c1-13-9-11-23(12-10-13)27(25,26)15-7-5-14(6-8-15)22-19(24)18-16(20)3-2-4-17(18)21/h2-8,13H,9-12H2,1H3,(H,22,24). The quantitative estimate of drug-likeness (QED) is 0.861. The molecule has 0 atom stereocenters. The molecule has 1 N–H and O–H groups in total. The van der Waals surface area contributed by atoms with Gasteiger partial charge in [0, 0.05) is 18.8 Å². The lowest BCUT2D eigenvalue weighted by Gasteiger charge is -2.29. The Morgan fingerprint density at radius 2 is 1.59 bits per heavy atom. The Hall–Kier alpha value is -2.32. The Balaban J connectivity index is 1.75. The first kappa shape index (κ1) is 19.4. The fourth-order valence-corrected chi connectivity index (χ4v) is 4.46. The Kier molecular flexibility index (Phi) is 5.57. The van der Waals surface area contributed by atoms with Gasteiger partial charge in [-0.15, -0.1) is 0 Å². The number of hydrogen-bond acceptors (Lipinski definition) is 3. The van der Waals surface area contributed by atoms with E-state index in [-0.39, 0.29) is 10.6 Å². The molecule has 0 bridgehead atoms. The fourth-order valence-electron chi connectivity index (χ4n) is 2.99. The Bertz CT molecular complexity index is 918. The lowest BCUT2D eigenvalue weighted by molar-refractivity contribution is 0.101. The van der Waals surface area contributed by atoms with Gasteiger partial charge in [-0.1, -0.05) is 13.0 Å². The van der Waals surface area contributed by atoms with Gasteiger partial charge in [0.1, 0.15) is 17.2 Å². The predicted molar refractivity (Wildman–Crippen MR) is 97.9 cm³/mol. The van der Waals surface area contributed by atoms with Crippen molar-refractivity contribution in [2.75, 3.05) is 18.4 Å². The molecule has 1 heterocycles. The molecule has 1 saturated heterocycles. The average Bonchev–Trinajstić information content (AvgIpc) is 2.62. The number of nitrogens with zero attached hydrogens (tertiary/aromatic N) is 1. The molecule has 1 fully saturated rings. The molecule has 0 aromatic heterocycles. The number of amides is 1. The molecule has 0 saturated carbocycles. The first-order valence-corrected chi connectivity index (χ1v) is 10.1. The van der Waals surface area contributed by atoms with Crippen molar-refractivity contribution in [1.82, 2.24) is 4.31 Å². The summed E-state index contributed by atoms with van der Waals surface area (Å²) in [6.07, 6.45) is 1.64.